The summed E-state index contributed by atoms with van der Waals surface area (Å²) in [6.07, 6.45) is 1.41. The summed E-state index contributed by atoms with van der Waals surface area (Å²) in [4.78, 5) is 37.0. The van der Waals surface area contributed by atoms with E-state index < -0.39 is 17.8 Å². The van der Waals surface area contributed by atoms with Gasteiger partial charge in [-0.05, 0) is 67.4 Å². The van der Waals surface area contributed by atoms with Gasteiger partial charge in [0.2, 0.25) is 0 Å². The van der Waals surface area contributed by atoms with Gasteiger partial charge in [0.25, 0.3) is 11.8 Å². The number of rotatable bonds is 4. The minimum Gasteiger partial charge on any atom is -0.465 e. The number of nitrogens with zero attached hydrogens (tertiary/aromatic N) is 1. The Morgan fingerprint density at radius 2 is 1.84 bits per heavy atom. The number of hydrogen-bond donors (Lipinski definition) is 1. The van der Waals surface area contributed by atoms with E-state index >= 15 is 0 Å². The second-order valence-electron chi connectivity index (χ2n) is 7.18. The van der Waals surface area contributed by atoms with E-state index in [1.165, 1.54) is 18.2 Å². The molecule has 0 spiro atoms. The van der Waals surface area contributed by atoms with Crippen molar-refractivity contribution in [1.29, 1.82) is 0 Å². The molecular weight excluding hydrogens is 396 g/mol. The van der Waals surface area contributed by atoms with Crippen LogP contribution in [-0.4, -0.2) is 24.9 Å². The summed E-state index contributed by atoms with van der Waals surface area (Å²) in [6.45, 7) is 3.92. The number of ether oxygens (including phenoxy) is 1. The predicted molar refractivity (Wildman–Crippen MR) is 115 cm³/mol. The van der Waals surface area contributed by atoms with E-state index in [1.807, 2.05) is 26.0 Å². The Balaban J connectivity index is 1.60. The lowest BCUT2D eigenvalue weighted by atomic mass is 10.1. The van der Waals surface area contributed by atoms with Gasteiger partial charge in [0.15, 0.2) is 0 Å². The van der Waals surface area contributed by atoms with Crippen LogP contribution in [0.3, 0.4) is 0 Å². The molecule has 0 unspecified atom stereocenters. The highest BCUT2D eigenvalue weighted by molar-refractivity contribution is 6.31. The minimum absolute atomic E-state index is 0.0255. The Kier molecular flexibility index (Phi) is 5.17. The fourth-order valence-corrected chi connectivity index (χ4v) is 3.25. The van der Waals surface area contributed by atoms with Crippen LogP contribution in [-0.2, 0) is 14.3 Å². The minimum atomic E-state index is -0.506. The van der Waals surface area contributed by atoms with Gasteiger partial charge in [0.1, 0.15) is 17.1 Å². The molecule has 0 saturated carbocycles. The predicted octanol–water partition coefficient (Wildman–Crippen LogP) is 3.81. The molecule has 0 aliphatic carbocycles. The first-order chi connectivity index (χ1) is 14.9. The van der Waals surface area contributed by atoms with Crippen LogP contribution < -0.4 is 10.4 Å². The highest BCUT2D eigenvalue weighted by Crippen LogP contribution is 2.27. The molecular formula is C24H20N2O5. The third-order valence-corrected chi connectivity index (χ3v) is 5.12. The number of esters is 1. The van der Waals surface area contributed by atoms with Gasteiger partial charge in [-0.3, -0.25) is 15.0 Å². The first-order valence-electron chi connectivity index (χ1n) is 9.60. The number of carbonyl (C=O) groups excluding carboxylic acids is 3. The van der Waals surface area contributed by atoms with Gasteiger partial charge in [-0.25, -0.2) is 9.80 Å². The van der Waals surface area contributed by atoms with Gasteiger partial charge in [-0.15, -0.1) is 0 Å². The zero-order chi connectivity index (χ0) is 22.1. The van der Waals surface area contributed by atoms with Gasteiger partial charge >= 0.3 is 5.97 Å². The topological polar surface area (TPSA) is 88.9 Å². The second-order valence-corrected chi connectivity index (χ2v) is 7.18. The normalized spacial score (nSPS) is 14.8. The molecule has 1 aromatic heterocycles. The molecule has 1 aliphatic heterocycles. The van der Waals surface area contributed by atoms with Gasteiger partial charge in [0, 0.05) is 5.56 Å². The first-order valence-corrected chi connectivity index (χ1v) is 9.60. The molecule has 1 saturated heterocycles. The fourth-order valence-electron chi connectivity index (χ4n) is 3.25. The smallest absolute Gasteiger partial charge is 0.337 e. The Labute approximate surface area is 178 Å². The van der Waals surface area contributed by atoms with E-state index in [2.05, 4.69) is 5.43 Å². The van der Waals surface area contributed by atoms with Crippen LogP contribution in [0.15, 0.2) is 64.6 Å². The fraction of sp³-hybridized carbons (Fsp3) is 0.125. The Morgan fingerprint density at radius 3 is 2.58 bits per heavy atom. The molecule has 156 valence electrons. The molecule has 2 aromatic carbocycles. The maximum atomic E-state index is 12.8. The van der Waals surface area contributed by atoms with Crippen LogP contribution in [0, 0.1) is 13.8 Å². The van der Waals surface area contributed by atoms with Gasteiger partial charge in [-0.1, -0.05) is 18.2 Å². The van der Waals surface area contributed by atoms with E-state index in [0.29, 0.717) is 28.3 Å². The maximum absolute atomic E-state index is 12.8. The number of furan rings is 1. The molecule has 0 radical (unpaired) electrons. The summed E-state index contributed by atoms with van der Waals surface area (Å²) in [7, 11) is 1.32. The van der Waals surface area contributed by atoms with Crippen LogP contribution in [0.4, 0.5) is 5.69 Å². The Bertz CT molecular complexity index is 1240. The summed E-state index contributed by atoms with van der Waals surface area (Å²) >= 11 is 0. The number of anilines is 1. The molecule has 31 heavy (non-hydrogen) atoms. The van der Waals surface area contributed by atoms with E-state index in [4.69, 9.17) is 9.15 Å². The Morgan fingerprint density at radius 1 is 1.03 bits per heavy atom. The van der Waals surface area contributed by atoms with E-state index in [9.17, 15) is 14.4 Å². The van der Waals surface area contributed by atoms with E-state index in [-0.39, 0.29) is 5.57 Å². The zero-order valence-electron chi connectivity index (χ0n) is 17.3. The van der Waals surface area contributed by atoms with Gasteiger partial charge in [-0.2, -0.15) is 0 Å². The number of amides is 2. The molecule has 1 fully saturated rings. The van der Waals surface area contributed by atoms with Crippen molar-refractivity contribution in [3.05, 3.63) is 82.6 Å². The molecule has 2 heterocycles. The average molecular weight is 416 g/mol. The SMILES string of the molecule is COC(=O)c1cccc(-c2ccc(/C=C3\C(=O)NN(c4ccc(C)c(C)c4)C3=O)o2)c1. The van der Waals surface area contributed by atoms with Gasteiger partial charge < -0.3 is 9.15 Å². The number of aryl methyl sites for hydroxylation is 2. The van der Waals surface area contributed by atoms with Crippen molar-refractivity contribution >= 4 is 29.5 Å². The summed E-state index contributed by atoms with van der Waals surface area (Å²) in [5.41, 5.74) is 6.32. The van der Waals surface area contributed by atoms with Gasteiger partial charge in [0.05, 0.1) is 18.4 Å². The molecule has 3 aromatic rings. The number of nitrogens with one attached hydrogen (secondary N) is 1. The lowest BCUT2D eigenvalue weighted by Crippen LogP contribution is -2.35. The standard InChI is InChI=1S/C24H20N2O5/c1-14-7-8-18(11-15(14)2)26-23(28)20(22(27)25-26)13-19-9-10-21(31-19)16-5-4-6-17(12-16)24(29)30-3/h4-13H,1-3H3,(H,25,27)/b20-13+. The van der Waals surface area contributed by atoms with Crippen LogP contribution in [0.25, 0.3) is 17.4 Å². The molecule has 0 bridgehead atoms. The number of carbonyl (C=O) groups is 3. The quantitative estimate of drug-likeness (QED) is 0.397. The number of benzene rings is 2. The molecule has 1 N–H and O–H groups in total. The summed E-state index contributed by atoms with van der Waals surface area (Å²) < 4.78 is 10.5. The largest absolute Gasteiger partial charge is 0.465 e. The highest BCUT2D eigenvalue weighted by Gasteiger charge is 2.34. The van der Waals surface area contributed by atoms with Crippen molar-refractivity contribution in [3.8, 4) is 11.3 Å². The molecule has 2 amide bonds. The Hall–Kier alpha value is -4.13. The highest BCUT2D eigenvalue weighted by atomic mass is 16.5. The van der Waals surface area contributed by atoms with Crippen LogP contribution >= 0.6 is 0 Å². The number of hydrazine groups is 1. The lowest BCUT2D eigenvalue weighted by molar-refractivity contribution is -0.117. The second kappa shape index (κ2) is 7.95. The van der Waals surface area contributed by atoms with Crippen LogP contribution in [0.5, 0.6) is 0 Å². The van der Waals surface area contributed by atoms with Crippen LogP contribution in [0.1, 0.15) is 27.2 Å². The van der Waals surface area contributed by atoms with Crippen molar-refractivity contribution in [2.45, 2.75) is 13.8 Å². The summed E-state index contributed by atoms with van der Waals surface area (Å²) in [5, 5.41) is 1.23. The van der Waals surface area contributed by atoms with Crippen molar-refractivity contribution in [2.24, 2.45) is 0 Å². The summed E-state index contributed by atoms with van der Waals surface area (Å²) in [6, 6.07) is 15.7. The van der Waals surface area contributed by atoms with Crippen molar-refractivity contribution in [3.63, 3.8) is 0 Å². The van der Waals surface area contributed by atoms with Crippen molar-refractivity contribution in [1.82, 2.24) is 5.43 Å². The van der Waals surface area contributed by atoms with Crippen LogP contribution in [0.2, 0.25) is 0 Å². The number of hydrogen-bond acceptors (Lipinski definition) is 5. The number of methoxy groups -OCH3 is 1. The van der Waals surface area contributed by atoms with E-state index in [1.54, 1.807) is 42.5 Å². The third-order valence-electron chi connectivity index (χ3n) is 5.12. The lowest BCUT2D eigenvalue weighted by Gasteiger charge is -2.15. The van der Waals surface area contributed by atoms with Crippen molar-refractivity contribution in [2.75, 3.05) is 12.1 Å². The first kappa shape index (κ1) is 20.2. The molecule has 7 nitrogen and oxygen atoms in total. The van der Waals surface area contributed by atoms with E-state index in [0.717, 1.165) is 11.1 Å². The summed E-state index contributed by atoms with van der Waals surface area (Å²) in [5.74, 6) is -0.573. The molecule has 4 rings (SSSR count). The maximum Gasteiger partial charge on any atom is 0.337 e. The molecule has 1 aliphatic rings. The third kappa shape index (κ3) is 3.85. The monoisotopic (exact) mass is 416 g/mol. The zero-order valence-corrected chi connectivity index (χ0v) is 17.3. The average Bonchev–Trinajstić information content (AvgIpc) is 3.35. The molecule has 0 atom stereocenters. The van der Waals surface area contributed by atoms with Crippen molar-refractivity contribution < 1.29 is 23.5 Å². The molecule has 7 heteroatoms.